The Morgan fingerprint density at radius 2 is 1.97 bits per heavy atom. The number of ether oxygens (including phenoxy) is 1. The van der Waals surface area contributed by atoms with Crippen LogP contribution in [-0.4, -0.2) is 65.6 Å². The molecule has 2 atom stereocenters. The van der Waals surface area contributed by atoms with Gasteiger partial charge in [-0.15, -0.1) is 0 Å². The van der Waals surface area contributed by atoms with Crippen LogP contribution in [0.2, 0.25) is 0 Å². The van der Waals surface area contributed by atoms with Crippen LogP contribution >= 0.6 is 0 Å². The van der Waals surface area contributed by atoms with Gasteiger partial charge in [0.15, 0.2) is 0 Å². The molecule has 5 rings (SSSR count). The fourth-order valence-electron chi connectivity index (χ4n) is 4.60. The van der Waals surface area contributed by atoms with E-state index in [-0.39, 0.29) is 12.0 Å². The molecule has 4 heterocycles. The van der Waals surface area contributed by atoms with E-state index in [0.717, 1.165) is 67.6 Å². The second-order valence-corrected chi connectivity index (χ2v) is 8.42. The third-order valence-electron chi connectivity index (χ3n) is 6.11. The van der Waals surface area contributed by atoms with Crippen molar-refractivity contribution in [2.75, 3.05) is 44.3 Å². The summed E-state index contributed by atoms with van der Waals surface area (Å²) < 4.78 is 10.9. The first-order valence-electron chi connectivity index (χ1n) is 10.7. The zero-order valence-electron chi connectivity index (χ0n) is 17.3. The first-order chi connectivity index (χ1) is 14.7. The number of aliphatic hydroxyl groups excluding tert-OH is 1. The predicted octanol–water partition coefficient (Wildman–Crippen LogP) is 2.40. The Labute approximate surface area is 176 Å². The maximum atomic E-state index is 10.6. The maximum Gasteiger partial charge on any atom is 0.137 e. The number of para-hydroxylation sites is 1. The number of β-amino-alcohol motifs (C(OH)–C–C–N with tert-alkyl or cyclic N) is 1. The normalized spacial score (nSPS) is 22.8. The van der Waals surface area contributed by atoms with Crippen molar-refractivity contribution in [3.63, 3.8) is 0 Å². The van der Waals surface area contributed by atoms with E-state index in [0.29, 0.717) is 13.0 Å². The molecule has 0 saturated carbocycles. The zero-order chi connectivity index (χ0) is 20.5. The van der Waals surface area contributed by atoms with Crippen LogP contribution in [0.25, 0.3) is 10.9 Å². The van der Waals surface area contributed by atoms with Crippen molar-refractivity contribution < 1.29 is 14.4 Å². The molecule has 2 aliphatic heterocycles. The molecule has 0 radical (unpaired) electrons. The third kappa shape index (κ3) is 4.05. The van der Waals surface area contributed by atoms with Gasteiger partial charge < -0.3 is 19.3 Å². The highest BCUT2D eigenvalue weighted by atomic mass is 16.5. The number of likely N-dealkylation sites (tertiary alicyclic amines) is 1. The van der Waals surface area contributed by atoms with Gasteiger partial charge in [0, 0.05) is 62.1 Å². The molecule has 2 aromatic heterocycles. The summed E-state index contributed by atoms with van der Waals surface area (Å²) in [5, 5.41) is 15.8. The van der Waals surface area contributed by atoms with Crippen molar-refractivity contribution in [3.8, 4) is 0 Å². The molecule has 158 valence electrons. The quantitative estimate of drug-likeness (QED) is 0.695. The van der Waals surface area contributed by atoms with Gasteiger partial charge in [-0.1, -0.05) is 23.4 Å². The minimum Gasteiger partial charge on any atom is -0.391 e. The molecule has 3 aromatic rings. The number of benzene rings is 1. The standard InChI is InChI=1S/C23H28N4O3/c1-16-10-20(30-25-16)12-18-13-26(15-22(18)28)14-19-11-17-4-2-3-5-21(17)24-23(19)27-6-8-29-9-7-27/h2-5,10-11,18,22,28H,6-9,12-15H2,1H3/t18-,22-/m1/s1. The summed E-state index contributed by atoms with van der Waals surface area (Å²) in [6, 6.07) is 12.5. The summed E-state index contributed by atoms with van der Waals surface area (Å²) >= 11 is 0. The first-order valence-corrected chi connectivity index (χ1v) is 10.7. The Balaban J connectivity index is 1.37. The molecule has 7 nitrogen and oxygen atoms in total. The highest BCUT2D eigenvalue weighted by molar-refractivity contribution is 5.81. The van der Waals surface area contributed by atoms with Gasteiger partial charge in [0.1, 0.15) is 11.6 Å². The Morgan fingerprint density at radius 1 is 1.13 bits per heavy atom. The lowest BCUT2D eigenvalue weighted by Gasteiger charge is -2.30. The van der Waals surface area contributed by atoms with E-state index in [1.165, 1.54) is 5.56 Å². The Kier molecular flexibility index (Phi) is 5.41. The molecule has 1 N–H and O–H groups in total. The predicted molar refractivity (Wildman–Crippen MR) is 114 cm³/mol. The van der Waals surface area contributed by atoms with Gasteiger partial charge in [-0.25, -0.2) is 4.98 Å². The topological polar surface area (TPSA) is 74.9 Å². The minimum atomic E-state index is -0.365. The largest absolute Gasteiger partial charge is 0.391 e. The molecule has 1 aromatic carbocycles. The van der Waals surface area contributed by atoms with Crippen LogP contribution in [0.3, 0.4) is 0 Å². The highest BCUT2D eigenvalue weighted by Crippen LogP contribution is 2.29. The van der Waals surface area contributed by atoms with E-state index >= 15 is 0 Å². The highest BCUT2D eigenvalue weighted by Gasteiger charge is 2.33. The summed E-state index contributed by atoms with van der Waals surface area (Å²) in [6.07, 6.45) is 0.348. The van der Waals surface area contributed by atoms with Crippen LogP contribution < -0.4 is 4.90 Å². The van der Waals surface area contributed by atoms with Crippen LogP contribution in [0.1, 0.15) is 17.0 Å². The first kappa shape index (κ1) is 19.5. The van der Waals surface area contributed by atoms with E-state index < -0.39 is 0 Å². The number of hydrogen-bond donors (Lipinski definition) is 1. The Morgan fingerprint density at radius 3 is 2.77 bits per heavy atom. The van der Waals surface area contributed by atoms with Crippen LogP contribution in [0.15, 0.2) is 40.9 Å². The van der Waals surface area contributed by atoms with Crippen LogP contribution in [0.4, 0.5) is 5.82 Å². The lowest BCUT2D eigenvalue weighted by Crippen LogP contribution is -2.38. The summed E-state index contributed by atoms with van der Waals surface area (Å²) in [6.45, 7) is 7.36. The lowest BCUT2D eigenvalue weighted by molar-refractivity contribution is 0.122. The van der Waals surface area contributed by atoms with Gasteiger partial charge in [0.05, 0.1) is 30.5 Å². The average Bonchev–Trinajstić information content (AvgIpc) is 3.33. The van der Waals surface area contributed by atoms with Crippen LogP contribution in [0, 0.1) is 12.8 Å². The van der Waals surface area contributed by atoms with Crippen molar-refractivity contribution in [2.24, 2.45) is 5.92 Å². The molecule has 7 heteroatoms. The van der Waals surface area contributed by atoms with Crippen molar-refractivity contribution in [3.05, 3.63) is 53.4 Å². The van der Waals surface area contributed by atoms with Gasteiger partial charge in [-0.2, -0.15) is 0 Å². The molecule has 30 heavy (non-hydrogen) atoms. The fraction of sp³-hybridized carbons (Fsp3) is 0.478. The number of nitrogens with zero attached hydrogens (tertiary/aromatic N) is 4. The molecule has 2 saturated heterocycles. The van der Waals surface area contributed by atoms with Crippen molar-refractivity contribution in [1.82, 2.24) is 15.0 Å². The fourth-order valence-corrected chi connectivity index (χ4v) is 4.60. The summed E-state index contributed by atoms with van der Waals surface area (Å²) in [4.78, 5) is 9.66. The Hall–Kier alpha value is -2.48. The van der Waals surface area contributed by atoms with Crippen molar-refractivity contribution in [2.45, 2.75) is 26.0 Å². The SMILES string of the molecule is Cc1cc(C[C@@H]2CN(Cc3cc4ccccc4nc3N3CCOCC3)C[C@H]2O)on1. The Bertz CT molecular complexity index is 1010. The molecule has 0 unspecified atom stereocenters. The molecule has 0 amide bonds. The van der Waals surface area contributed by atoms with Crippen LogP contribution in [-0.2, 0) is 17.7 Å². The van der Waals surface area contributed by atoms with Gasteiger partial charge in [-0.3, -0.25) is 4.90 Å². The summed E-state index contributed by atoms with van der Waals surface area (Å²) in [7, 11) is 0. The average molecular weight is 409 g/mol. The van der Waals surface area contributed by atoms with Gasteiger partial charge in [0.25, 0.3) is 0 Å². The number of pyridine rings is 1. The number of fused-ring (bicyclic) bond motifs is 1. The smallest absolute Gasteiger partial charge is 0.137 e. The van der Waals surface area contributed by atoms with Gasteiger partial charge >= 0.3 is 0 Å². The minimum absolute atomic E-state index is 0.151. The van der Waals surface area contributed by atoms with Gasteiger partial charge in [0.2, 0.25) is 0 Å². The monoisotopic (exact) mass is 408 g/mol. The number of hydrogen-bond acceptors (Lipinski definition) is 7. The van der Waals surface area contributed by atoms with Gasteiger partial charge in [-0.05, 0) is 19.1 Å². The summed E-state index contributed by atoms with van der Waals surface area (Å²) in [5.74, 6) is 2.04. The number of morpholine rings is 1. The van der Waals surface area contributed by atoms with E-state index in [1.54, 1.807) is 0 Å². The summed E-state index contributed by atoms with van der Waals surface area (Å²) in [5.41, 5.74) is 3.11. The van der Waals surface area contributed by atoms with E-state index in [2.05, 4.69) is 39.2 Å². The van der Waals surface area contributed by atoms with E-state index in [9.17, 15) is 5.11 Å². The lowest BCUT2D eigenvalue weighted by atomic mass is 10.0. The van der Waals surface area contributed by atoms with Crippen LogP contribution in [0.5, 0.6) is 0 Å². The number of rotatable bonds is 5. The van der Waals surface area contributed by atoms with E-state index in [1.807, 2.05) is 19.1 Å². The second kappa shape index (κ2) is 8.34. The molecule has 2 fully saturated rings. The molecular formula is C23H28N4O3. The third-order valence-corrected chi connectivity index (χ3v) is 6.11. The molecular weight excluding hydrogens is 380 g/mol. The molecule has 2 aliphatic rings. The van der Waals surface area contributed by atoms with E-state index in [4.69, 9.17) is 14.2 Å². The second-order valence-electron chi connectivity index (χ2n) is 8.42. The number of aliphatic hydroxyl groups is 1. The number of anilines is 1. The number of aromatic nitrogens is 2. The maximum absolute atomic E-state index is 10.6. The van der Waals surface area contributed by atoms with Crippen molar-refractivity contribution in [1.29, 1.82) is 0 Å². The molecule has 0 bridgehead atoms. The molecule has 0 spiro atoms. The number of aryl methyl sites for hydroxylation is 1. The van der Waals surface area contributed by atoms with Crippen molar-refractivity contribution >= 4 is 16.7 Å². The zero-order valence-corrected chi connectivity index (χ0v) is 17.3. The molecule has 0 aliphatic carbocycles.